The molecule has 1 N–H and O–H groups in total. The normalized spacial score (nSPS) is 22.1. The maximum absolute atomic E-state index is 5.52. The average Bonchev–Trinajstić information content (AvgIpc) is 2.55. The molecule has 2 nitrogen and oxygen atoms in total. The molecule has 76 valence electrons. The third kappa shape index (κ3) is 5.06. The van der Waals surface area contributed by atoms with Crippen LogP contribution in [0.15, 0.2) is 12.2 Å². The van der Waals surface area contributed by atoms with E-state index in [0.29, 0.717) is 6.10 Å². The molecule has 0 aromatic carbocycles. The van der Waals surface area contributed by atoms with Crippen molar-refractivity contribution in [3.05, 3.63) is 12.2 Å². The van der Waals surface area contributed by atoms with Crippen LogP contribution in [-0.2, 0) is 4.74 Å². The molecule has 1 heterocycles. The Morgan fingerprint density at radius 3 is 3.00 bits per heavy atom. The van der Waals surface area contributed by atoms with Crippen molar-refractivity contribution in [2.24, 2.45) is 0 Å². The van der Waals surface area contributed by atoms with Crippen LogP contribution in [0.25, 0.3) is 0 Å². The van der Waals surface area contributed by atoms with Crippen molar-refractivity contribution in [2.45, 2.75) is 38.7 Å². The lowest BCUT2D eigenvalue weighted by Gasteiger charge is -2.09. The number of nitrogens with one attached hydrogen (secondary N) is 1. The van der Waals surface area contributed by atoms with Crippen molar-refractivity contribution >= 4 is 0 Å². The summed E-state index contributed by atoms with van der Waals surface area (Å²) >= 11 is 0. The average molecular weight is 183 g/mol. The number of ether oxygens (including phenoxy) is 1. The first kappa shape index (κ1) is 10.7. The van der Waals surface area contributed by atoms with Crippen LogP contribution in [0, 0.1) is 0 Å². The Kier molecular flexibility index (Phi) is 5.09. The molecule has 1 saturated heterocycles. The first-order valence-corrected chi connectivity index (χ1v) is 5.26. The summed E-state index contributed by atoms with van der Waals surface area (Å²) in [4.78, 5) is 0. The smallest absolute Gasteiger partial charge is 0.0588 e. The molecule has 0 aromatic heterocycles. The van der Waals surface area contributed by atoms with Gasteiger partial charge in [-0.25, -0.2) is 0 Å². The van der Waals surface area contributed by atoms with E-state index in [1.54, 1.807) is 0 Å². The molecule has 1 unspecified atom stereocenters. The van der Waals surface area contributed by atoms with E-state index in [-0.39, 0.29) is 0 Å². The molecule has 0 spiro atoms. The van der Waals surface area contributed by atoms with E-state index < -0.39 is 0 Å². The molecule has 1 atom stereocenters. The van der Waals surface area contributed by atoms with Crippen molar-refractivity contribution in [3.63, 3.8) is 0 Å². The summed E-state index contributed by atoms with van der Waals surface area (Å²) < 4.78 is 5.52. The van der Waals surface area contributed by atoms with Gasteiger partial charge >= 0.3 is 0 Å². The third-order valence-corrected chi connectivity index (χ3v) is 2.40. The standard InChI is InChI=1S/C11H21NO/c1-10(2)5-7-12-8-6-11-4-3-9-13-11/h11-12H,1,3-9H2,2H3. The Labute approximate surface area is 81.4 Å². The fraction of sp³-hybridized carbons (Fsp3) is 0.818. The van der Waals surface area contributed by atoms with Gasteiger partial charge in [-0.1, -0.05) is 5.57 Å². The highest BCUT2D eigenvalue weighted by molar-refractivity contribution is 4.88. The third-order valence-electron chi connectivity index (χ3n) is 2.40. The molecule has 1 fully saturated rings. The fourth-order valence-electron chi connectivity index (χ4n) is 1.56. The predicted octanol–water partition coefficient (Wildman–Crippen LogP) is 2.11. The van der Waals surface area contributed by atoms with Gasteiger partial charge in [0.15, 0.2) is 0 Å². The van der Waals surface area contributed by atoms with E-state index in [2.05, 4.69) is 18.8 Å². The van der Waals surface area contributed by atoms with Crippen LogP contribution in [0.3, 0.4) is 0 Å². The lowest BCUT2D eigenvalue weighted by Crippen LogP contribution is -2.21. The lowest BCUT2D eigenvalue weighted by atomic mass is 10.2. The van der Waals surface area contributed by atoms with E-state index in [1.807, 2.05) is 0 Å². The van der Waals surface area contributed by atoms with Gasteiger partial charge in [0.25, 0.3) is 0 Å². The quantitative estimate of drug-likeness (QED) is 0.503. The fourth-order valence-corrected chi connectivity index (χ4v) is 1.56. The van der Waals surface area contributed by atoms with Gasteiger partial charge in [0.1, 0.15) is 0 Å². The Morgan fingerprint density at radius 2 is 2.38 bits per heavy atom. The zero-order valence-corrected chi connectivity index (χ0v) is 8.64. The van der Waals surface area contributed by atoms with Gasteiger partial charge in [-0.3, -0.25) is 0 Å². The largest absolute Gasteiger partial charge is 0.378 e. The molecule has 0 saturated carbocycles. The van der Waals surface area contributed by atoms with E-state index in [9.17, 15) is 0 Å². The predicted molar refractivity (Wildman–Crippen MR) is 55.9 cm³/mol. The van der Waals surface area contributed by atoms with Crippen LogP contribution >= 0.6 is 0 Å². The van der Waals surface area contributed by atoms with Gasteiger partial charge in [-0.2, -0.15) is 0 Å². The van der Waals surface area contributed by atoms with Crippen LogP contribution in [0.4, 0.5) is 0 Å². The van der Waals surface area contributed by atoms with E-state index >= 15 is 0 Å². The molecule has 1 aliphatic heterocycles. The zero-order valence-electron chi connectivity index (χ0n) is 8.64. The van der Waals surface area contributed by atoms with Crippen molar-refractivity contribution in [3.8, 4) is 0 Å². The van der Waals surface area contributed by atoms with Crippen molar-refractivity contribution in [1.82, 2.24) is 5.32 Å². The van der Waals surface area contributed by atoms with E-state index in [0.717, 1.165) is 32.5 Å². The summed E-state index contributed by atoms with van der Waals surface area (Å²) in [6, 6.07) is 0. The van der Waals surface area contributed by atoms with Gasteiger partial charge in [0.05, 0.1) is 6.10 Å². The summed E-state index contributed by atoms with van der Waals surface area (Å²) in [5.41, 5.74) is 1.25. The molecule has 2 heteroatoms. The molecular formula is C11H21NO. The highest BCUT2D eigenvalue weighted by atomic mass is 16.5. The molecule has 0 bridgehead atoms. The number of rotatable bonds is 6. The van der Waals surface area contributed by atoms with Gasteiger partial charge < -0.3 is 10.1 Å². The topological polar surface area (TPSA) is 21.3 Å². The Bertz CT molecular complexity index is 150. The van der Waals surface area contributed by atoms with E-state index in [1.165, 1.54) is 18.4 Å². The van der Waals surface area contributed by atoms with Crippen LogP contribution in [0.2, 0.25) is 0 Å². The van der Waals surface area contributed by atoms with Gasteiger partial charge in [-0.15, -0.1) is 6.58 Å². The molecular weight excluding hydrogens is 162 g/mol. The summed E-state index contributed by atoms with van der Waals surface area (Å²) in [5.74, 6) is 0. The SMILES string of the molecule is C=C(C)CCNCCC1CCCO1. The summed E-state index contributed by atoms with van der Waals surface area (Å²) in [6.07, 6.45) is 5.28. The first-order chi connectivity index (χ1) is 6.29. The minimum atomic E-state index is 0.525. The van der Waals surface area contributed by atoms with E-state index in [4.69, 9.17) is 4.74 Å². The Balaban J connectivity index is 1.86. The monoisotopic (exact) mass is 183 g/mol. The number of hydrogen-bond acceptors (Lipinski definition) is 2. The minimum absolute atomic E-state index is 0.525. The summed E-state index contributed by atoms with van der Waals surface area (Å²) in [7, 11) is 0. The second kappa shape index (κ2) is 6.17. The van der Waals surface area contributed by atoms with Crippen LogP contribution in [0.5, 0.6) is 0 Å². The summed E-state index contributed by atoms with van der Waals surface area (Å²) in [6.45, 7) is 9.04. The Hall–Kier alpha value is -0.340. The van der Waals surface area contributed by atoms with Gasteiger partial charge in [0, 0.05) is 6.61 Å². The van der Waals surface area contributed by atoms with Gasteiger partial charge in [0.2, 0.25) is 0 Å². The summed E-state index contributed by atoms with van der Waals surface area (Å²) in [5, 5.41) is 3.40. The van der Waals surface area contributed by atoms with Crippen molar-refractivity contribution in [2.75, 3.05) is 19.7 Å². The highest BCUT2D eigenvalue weighted by Gasteiger charge is 2.13. The number of hydrogen-bond donors (Lipinski definition) is 1. The molecule has 0 aliphatic carbocycles. The zero-order chi connectivity index (χ0) is 9.52. The van der Waals surface area contributed by atoms with Crippen molar-refractivity contribution in [1.29, 1.82) is 0 Å². The van der Waals surface area contributed by atoms with Crippen LogP contribution in [-0.4, -0.2) is 25.8 Å². The molecule has 1 rings (SSSR count). The van der Waals surface area contributed by atoms with Crippen LogP contribution in [0.1, 0.15) is 32.6 Å². The molecule has 13 heavy (non-hydrogen) atoms. The Morgan fingerprint density at radius 1 is 1.54 bits per heavy atom. The maximum Gasteiger partial charge on any atom is 0.0588 e. The second-order valence-electron chi connectivity index (χ2n) is 3.88. The molecule has 1 aliphatic rings. The molecule has 0 radical (unpaired) electrons. The van der Waals surface area contributed by atoms with Gasteiger partial charge in [-0.05, 0) is 45.7 Å². The first-order valence-electron chi connectivity index (χ1n) is 5.26. The van der Waals surface area contributed by atoms with Crippen molar-refractivity contribution < 1.29 is 4.74 Å². The molecule has 0 aromatic rings. The lowest BCUT2D eigenvalue weighted by molar-refractivity contribution is 0.104. The minimum Gasteiger partial charge on any atom is -0.378 e. The maximum atomic E-state index is 5.52. The highest BCUT2D eigenvalue weighted by Crippen LogP contribution is 2.14. The van der Waals surface area contributed by atoms with Crippen LogP contribution < -0.4 is 5.32 Å². The molecule has 0 amide bonds. The second-order valence-corrected chi connectivity index (χ2v) is 3.88.